The molecule has 1 aliphatic rings. The Balaban J connectivity index is 2.14. The average molecular weight is 230 g/mol. The number of nitrogen functional groups attached to an aromatic ring is 2. The third-order valence-electron chi connectivity index (χ3n) is 3.72. The van der Waals surface area contributed by atoms with Gasteiger partial charge in [0, 0.05) is 6.04 Å². The highest BCUT2D eigenvalue weighted by molar-refractivity contribution is 5.89. The van der Waals surface area contributed by atoms with Crippen LogP contribution in [-0.2, 0) is 0 Å². The van der Waals surface area contributed by atoms with Gasteiger partial charge in [-0.3, -0.25) is 0 Å². The van der Waals surface area contributed by atoms with E-state index >= 15 is 0 Å². The van der Waals surface area contributed by atoms with Gasteiger partial charge in [0.1, 0.15) is 5.52 Å². The Bertz CT molecular complexity index is 538. The van der Waals surface area contributed by atoms with Crippen LogP contribution >= 0.6 is 0 Å². The normalized spacial score (nSPS) is 17.6. The first-order valence-corrected chi connectivity index (χ1v) is 6.29. The molecule has 4 N–H and O–H groups in total. The monoisotopic (exact) mass is 230 g/mol. The van der Waals surface area contributed by atoms with Gasteiger partial charge in [-0.15, -0.1) is 0 Å². The first-order valence-electron chi connectivity index (χ1n) is 6.29. The molecule has 3 rings (SSSR count). The highest BCUT2D eigenvalue weighted by Gasteiger charge is 2.20. The van der Waals surface area contributed by atoms with Crippen LogP contribution in [0, 0.1) is 0 Å². The molecule has 4 nitrogen and oxygen atoms in total. The number of benzene rings is 1. The minimum absolute atomic E-state index is 0.496. The standard InChI is InChI=1S/C13H18N4/c14-10-7-4-8-11-12(10)16-13(15)17(11)9-5-2-1-3-6-9/h4,7-9H,1-3,5-6,14H2,(H2,15,16). The molecular weight excluding hydrogens is 212 g/mol. The van der Waals surface area contributed by atoms with Crippen LogP contribution in [0.25, 0.3) is 11.0 Å². The topological polar surface area (TPSA) is 69.9 Å². The van der Waals surface area contributed by atoms with E-state index in [4.69, 9.17) is 11.5 Å². The summed E-state index contributed by atoms with van der Waals surface area (Å²) in [5.41, 5.74) is 14.6. The van der Waals surface area contributed by atoms with E-state index in [-0.39, 0.29) is 0 Å². The molecule has 17 heavy (non-hydrogen) atoms. The lowest BCUT2D eigenvalue weighted by atomic mass is 9.95. The molecular formula is C13H18N4. The van der Waals surface area contributed by atoms with Gasteiger partial charge in [-0.2, -0.15) is 0 Å². The van der Waals surface area contributed by atoms with Gasteiger partial charge in [-0.05, 0) is 25.0 Å². The number of anilines is 2. The summed E-state index contributed by atoms with van der Waals surface area (Å²) in [7, 11) is 0. The van der Waals surface area contributed by atoms with Crippen molar-refractivity contribution in [2.45, 2.75) is 38.1 Å². The molecule has 0 aliphatic heterocycles. The molecule has 90 valence electrons. The molecule has 0 spiro atoms. The largest absolute Gasteiger partial charge is 0.397 e. The molecule has 1 saturated carbocycles. The smallest absolute Gasteiger partial charge is 0.201 e. The van der Waals surface area contributed by atoms with Crippen molar-refractivity contribution in [1.82, 2.24) is 9.55 Å². The number of rotatable bonds is 1. The first-order chi connectivity index (χ1) is 8.27. The molecule has 0 saturated heterocycles. The van der Waals surface area contributed by atoms with Crippen LogP contribution in [0.3, 0.4) is 0 Å². The first kappa shape index (κ1) is 10.4. The zero-order valence-electron chi connectivity index (χ0n) is 9.89. The summed E-state index contributed by atoms with van der Waals surface area (Å²) < 4.78 is 2.17. The number of imidazole rings is 1. The molecule has 0 radical (unpaired) electrons. The lowest BCUT2D eigenvalue weighted by molar-refractivity contribution is 0.363. The van der Waals surface area contributed by atoms with Crippen LogP contribution in [0.4, 0.5) is 11.6 Å². The van der Waals surface area contributed by atoms with E-state index in [1.165, 1.54) is 32.1 Å². The quantitative estimate of drug-likeness (QED) is 0.740. The average Bonchev–Trinajstić information content (AvgIpc) is 2.68. The van der Waals surface area contributed by atoms with Crippen LogP contribution < -0.4 is 11.5 Å². The van der Waals surface area contributed by atoms with Gasteiger partial charge in [0.05, 0.1) is 11.2 Å². The lowest BCUT2D eigenvalue weighted by Gasteiger charge is -2.24. The van der Waals surface area contributed by atoms with E-state index in [1.807, 2.05) is 12.1 Å². The second-order valence-electron chi connectivity index (χ2n) is 4.85. The van der Waals surface area contributed by atoms with Crippen LogP contribution in [0.1, 0.15) is 38.1 Å². The van der Waals surface area contributed by atoms with Crippen molar-refractivity contribution in [3.05, 3.63) is 18.2 Å². The Kier molecular flexibility index (Phi) is 2.42. The van der Waals surface area contributed by atoms with Gasteiger partial charge in [0.25, 0.3) is 0 Å². The summed E-state index contributed by atoms with van der Waals surface area (Å²) in [5.74, 6) is 0.602. The number of aromatic nitrogens is 2. The molecule has 1 aromatic carbocycles. The molecule has 0 amide bonds. The third kappa shape index (κ3) is 1.64. The molecule has 0 bridgehead atoms. The SMILES string of the molecule is Nc1cccc2c1nc(N)n2C1CCCCC1. The van der Waals surface area contributed by atoms with E-state index in [1.54, 1.807) is 0 Å². The van der Waals surface area contributed by atoms with E-state index in [9.17, 15) is 0 Å². The molecule has 1 aromatic heterocycles. The van der Waals surface area contributed by atoms with Gasteiger partial charge in [0.2, 0.25) is 5.95 Å². The van der Waals surface area contributed by atoms with Crippen LogP contribution in [0.15, 0.2) is 18.2 Å². The van der Waals surface area contributed by atoms with Crippen molar-refractivity contribution in [2.75, 3.05) is 11.5 Å². The predicted octanol–water partition coefficient (Wildman–Crippen LogP) is 2.71. The maximum atomic E-state index is 6.05. The summed E-state index contributed by atoms with van der Waals surface area (Å²) >= 11 is 0. The summed E-state index contributed by atoms with van der Waals surface area (Å²) in [6.07, 6.45) is 6.30. The molecule has 1 aliphatic carbocycles. The summed E-state index contributed by atoms with van der Waals surface area (Å²) in [6, 6.07) is 6.40. The van der Waals surface area contributed by atoms with Gasteiger partial charge in [-0.1, -0.05) is 25.3 Å². The van der Waals surface area contributed by atoms with Gasteiger partial charge < -0.3 is 16.0 Å². The number of hydrogen-bond acceptors (Lipinski definition) is 3. The third-order valence-corrected chi connectivity index (χ3v) is 3.72. The Morgan fingerprint density at radius 3 is 2.65 bits per heavy atom. The van der Waals surface area contributed by atoms with Crippen LogP contribution in [0.2, 0.25) is 0 Å². The second kappa shape index (κ2) is 3.95. The Labute approximate surface area is 101 Å². The number of hydrogen-bond donors (Lipinski definition) is 2. The van der Waals surface area contributed by atoms with Crippen molar-refractivity contribution < 1.29 is 0 Å². The fourth-order valence-electron chi connectivity index (χ4n) is 2.88. The number of nitrogens with zero attached hydrogens (tertiary/aromatic N) is 2. The van der Waals surface area contributed by atoms with Crippen molar-refractivity contribution in [3.8, 4) is 0 Å². The minimum atomic E-state index is 0.496. The van der Waals surface area contributed by atoms with Crippen molar-refractivity contribution in [3.63, 3.8) is 0 Å². The molecule has 2 aromatic rings. The summed E-state index contributed by atoms with van der Waals surface area (Å²) in [5, 5.41) is 0. The van der Waals surface area contributed by atoms with Crippen LogP contribution in [0.5, 0.6) is 0 Å². The van der Waals surface area contributed by atoms with Gasteiger partial charge in [0.15, 0.2) is 0 Å². The van der Waals surface area contributed by atoms with E-state index < -0.39 is 0 Å². The van der Waals surface area contributed by atoms with E-state index in [2.05, 4.69) is 15.6 Å². The molecule has 4 heteroatoms. The van der Waals surface area contributed by atoms with E-state index in [0.29, 0.717) is 17.7 Å². The molecule has 0 unspecified atom stereocenters. The Morgan fingerprint density at radius 2 is 1.88 bits per heavy atom. The number of fused-ring (bicyclic) bond motifs is 1. The van der Waals surface area contributed by atoms with Crippen LogP contribution in [-0.4, -0.2) is 9.55 Å². The van der Waals surface area contributed by atoms with Crippen molar-refractivity contribution >= 4 is 22.7 Å². The Morgan fingerprint density at radius 1 is 1.12 bits per heavy atom. The zero-order chi connectivity index (χ0) is 11.8. The lowest BCUT2D eigenvalue weighted by Crippen LogP contribution is -2.14. The number of nitrogens with two attached hydrogens (primary N) is 2. The van der Waals surface area contributed by atoms with Crippen molar-refractivity contribution in [2.24, 2.45) is 0 Å². The minimum Gasteiger partial charge on any atom is -0.397 e. The molecule has 1 fully saturated rings. The highest BCUT2D eigenvalue weighted by atomic mass is 15.2. The second-order valence-corrected chi connectivity index (χ2v) is 4.85. The summed E-state index contributed by atoms with van der Waals surface area (Å²) in [6.45, 7) is 0. The summed E-state index contributed by atoms with van der Waals surface area (Å²) in [4.78, 5) is 4.40. The maximum absolute atomic E-state index is 6.05. The fraction of sp³-hybridized carbons (Fsp3) is 0.462. The van der Waals surface area contributed by atoms with E-state index in [0.717, 1.165) is 11.0 Å². The zero-order valence-corrected chi connectivity index (χ0v) is 9.89. The number of para-hydroxylation sites is 1. The molecule has 1 heterocycles. The predicted molar refractivity (Wildman–Crippen MR) is 70.7 cm³/mol. The van der Waals surface area contributed by atoms with Gasteiger partial charge in [-0.25, -0.2) is 4.98 Å². The van der Waals surface area contributed by atoms with Crippen molar-refractivity contribution in [1.29, 1.82) is 0 Å². The Hall–Kier alpha value is -1.71. The fourth-order valence-corrected chi connectivity index (χ4v) is 2.88. The molecule has 0 atom stereocenters. The van der Waals surface area contributed by atoms with Gasteiger partial charge >= 0.3 is 0 Å². The maximum Gasteiger partial charge on any atom is 0.201 e. The highest BCUT2D eigenvalue weighted by Crippen LogP contribution is 2.34.